The summed E-state index contributed by atoms with van der Waals surface area (Å²) in [6.07, 6.45) is 1.28. The Bertz CT molecular complexity index is 2030. The normalized spacial score (nSPS) is 15.1. The predicted molar refractivity (Wildman–Crippen MR) is 193 cm³/mol. The second kappa shape index (κ2) is 15.0. The summed E-state index contributed by atoms with van der Waals surface area (Å²) in [4.78, 5) is 31.7. The fourth-order valence-electron chi connectivity index (χ4n) is 5.90. The number of para-hydroxylation sites is 2. The summed E-state index contributed by atoms with van der Waals surface area (Å²) in [5, 5.41) is 4.37. The van der Waals surface area contributed by atoms with Crippen LogP contribution < -0.4 is 14.4 Å². The highest BCUT2D eigenvalue weighted by Crippen LogP contribution is 2.33. The van der Waals surface area contributed by atoms with Gasteiger partial charge >= 0.3 is 5.97 Å². The average Bonchev–Trinajstić information content (AvgIpc) is 3.10. The maximum Gasteiger partial charge on any atom is 0.306 e. The lowest BCUT2D eigenvalue weighted by Crippen LogP contribution is -2.39. The topological polar surface area (TPSA) is 124 Å². The van der Waals surface area contributed by atoms with Gasteiger partial charge in [0.15, 0.2) is 0 Å². The smallest absolute Gasteiger partial charge is 0.306 e. The molecule has 6 rings (SSSR count). The van der Waals surface area contributed by atoms with Gasteiger partial charge in [0.1, 0.15) is 11.4 Å². The van der Waals surface area contributed by atoms with Gasteiger partial charge in [-0.15, -0.1) is 0 Å². The SMILES string of the molecule is CC(C)(C)OC(=O)CCc1ccc(S(=O)(=O)N(C(=O)c2c3ccccc3nc3ccccc23)c2ccc(OCCC3CNCCO3)cc2)cc1. The molecular formula is C39H41N3O7S. The summed E-state index contributed by atoms with van der Waals surface area (Å²) in [5.74, 6) is -0.518. The van der Waals surface area contributed by atoms with Crippen LogP contribution >= 0.6 is 0 Å². The third kappa shape index (κ3) is 8.13. The van der Waals surface area contributed by atoms with Gasteiger partial charge < -0.3 is 19.5 Å². The van der Waals surface area contributed by atoms with Gasteiger partial charge in [-0.3, -0.25) is 9.59 Å². The molecule has 50 heavy (non-hydrogen) atoms. The Hall–Kier alpha value is -4.84. The van der Waals surface area contributed by atoms with Crippen LogP contribution in [0.1, 0.15) is 49.5 Å². The van der Waals surface area contributed by atoms with E-state index in [9.17, 15) is 18.0 Å². The van der Waals surface area contributed by atoms with Crippen LogP contribution in [0.2, 0.25) is 0 Å². The number of carbonyl (C=O) groups excluding carboxylic acids is 2. The van der Waals surface area contributed by atoms with Gasteiger partial charge in [0.2, 0.25) is 0 Å². The number of sulfonamides is 1. The molecule has 1 unspecified atom stereocenters. The zero-order chi connectivity index (χ0) is 35.3. The lowest BCUT2D eigenvalue weighted by molar-refractivity contribution is -0.154. The van der Waals surface area contributed by atoms with Crippen LogP contribution in [-0.2, 0) is 30.7 Å². The van der Waals surface area contributed by atoms with E-state index in [1.165, 1.54) is 12.1 Å². The van der Waals surface area contributed by atoms with Crippen molar-refractivity contribution in [3.8, 4) is 5.75 Å². The molecule has 1 aliphatic heterocycles. The van der Waals surface area contributed by atoms with Gasteiger partial charge in [0.05, 0.1) is 46.5 Å². The molecule has 2 heterocycles. The number of morpholine rings is 1. The number of esters is 1. The first-order valence-electron chi connectivity index (χ1n) is 16.7. The first-order valence-corrected chi connectivity index (χ1v) is 18.2. The molecule has 1 atom stereocenters. The standard InChI is InChI=1S/C39H41N3O7S/c1-39(2,3)49-36(43)21-14-27-12-19-31(20-13-27)50(45,46)42(28-15-17-29(18-16-28)47-24-22-30-26-40-23-25-48-30)38(44)37-32-8-4-6-10-34(32)41-35-11-7-5-9-33(35)37/h4-13,15-20,30,40H,14,21-26H2,1-3H3. The number of aryl methyl sites for hydroxylation is 1. The zero-order valence-corrected chi connectivity index (χ0v) is 29.2. The van der Waals surface area contributed by atoms with Gasteiger partial charge in [0, 0.05) is 36.7 Å². The summed E-state index contributed by atoms with van der Waals surface area (Å²) < 4.78 is 47.1. The van der Waals surface area contributed by atoms with Crippen molar-refractivity contribution < 1.29 is 32.2 Å². The Morgan fingerprint density at radius 1 is 0.900 bits per heavy atom. The van der Waals surface area contributed by atoms with Crippen molar-refractivity contribution in [2.24, 2.45) is 0 Å². The molecule has 0 bridgehead atoms. The highest BCUT2D eigenvalue weighted by molar-refractivity contribution is 7.93. The number of rotatable bonds is 11. The van der Waals surface area contributed by atoms with Gasteiger partial charge in [0.25, 0.3) is 15.9 Å². The molecule has 0 aliphatic carbocycles. The number of nitrogens with zero attached hydrogens (tertiary/aromatic N) is 2. The van der Waals surface area contributed by atoms with Gasteiger partial charge in [-0.05, 0) is 81.3 Å². The van der Waals surface area contributed by atoms with Gasteiger partial charge in [-0.1, -0.05) is 48.5 Å². The number of ether oxygens (including phenoxy) is 3. The first kappa shape index (κ1) is 35.0. The van der Waals surface area contributed by atoms with Crippen LogP contribution in [0.5, 0.6) is 5.75 Å². The molecule has 1 amide bonds. The number of pyridine rings is 1. The minimum absolute atomic E-state index is 0.0648. The lowest BCUT2D eigenvalue weighted by atomic mass is 10.0. The van der Waals surface area contributed by atoms with Crippen molar-refractivity contribution in [1.29, 1.82) is 0 Å². The number of amides is 1. The second-order valence-corrected chi connectivity index (χ2v) is 14.9. The molecule has 1 aromatic heterocycles. The van der Waals surface area contributed by atoms with Crippen LogP contribution in [0.3, 0.4) is 0 Å². The summed E-state index contributed by atoms with van der Waals surface area (Å²) in [6, 6.07) is 27.1. The molecule has 5 aromatic rings. The Balaban J connectivity index is 1.34. The molecule has 1 saturated heterocycles. The fraction of sp³-hybridized carbons (Fsp3) is 0.308. The van der Waals surface area contributed by atoms with Crippen molar-refractivity contribution in [2.75, 3.05) is 30.6 Å². The second-order valence-electron chi connectivity index (χ2n) is 13.2. The maximum absolute atomic E-state index is 14.8. The summed E-state index contributed by atoms with van der Waals surface area (Å²) in [5.41, 5.74) is 1.69. The predicted octanol–water partition coefficient (Wildman–Crippen LogP) is 6.46. The number of carbonyl (C=O) groups is 2. The van der Waals surface area contributed by atoms with E-state index in [-0.39, 0.29) is 34.6 Å². The molecule has 1 aliphatic rings. The minimum atomic E-state index is -4.45. The largest absolute Gasteiger partial charge is 0.493 e. The molecule has 1 fully saturated rings. The van der Waals surface area contributed by atoms with Crippen LogP contribution in [-0.4, -0.2) is 63.3 Å². The highest BCUT2D eigenvalue weighted by Gasteiger charge is 2.34. The Labute approximate surface area is 292 Å². The number of anilines is 1. The van der Waals surface area contributed by atoms with Crippen LogP contribution in [0.15, 0.2) is 102 Å². The zero-order valence-electron chi connectivity index (χ0n) is 28.4. The Kier molecular flexibility index (Phi) is 10.5. The summed E-state index contributed by atoms with van der Waals surface area (Å²) >= 11 is 0. The Morgan fingerprint density at radius 3 is 2.14 bits per heavy atom. The molecular weight excluding hydrogens is 655 g/mol. The number of benzene rings is 4. The lowest BCUT2D eigenvalue weighted by Gasteiger charge is -2.25. The molecule has 1 N–H and O–H groups in total. The van der Waals surface area contributed by atoms with E-state index in [2.05, 4.69) is 5.32 Å². The quantitative estimate of drug-likeness (QED) is 0.123. The fourth-order valence-corrected chi connectivity index (χ4v) is 7.30. The van der Waals surface area contributed by atoms with E-state index in [0.717, 1.165) is 23.0 Å². The van der Waals surface area contributed by atoms with Crippen molar-refractivity contribution in [2.45, 2.75) is 56.6 Å². The van der Waals surface area contributed by atoms with Crippen molar-refractivity contribution in [3.63, 3.8) is 0 Å². The third-order valence-electron chi connectivity index (χ3n) is 8.27. The van der Waals surface area contributed by atoms with Gasteiger partial charge in [-0.25, -0.2) is 13.4 Å². The monoisotopic (exact) mass is 695 g/mol. The van der Waals surface area contributed by atoms with E-state index in [1.807, 2.05) is 12.1 Å². The molecule has 10 nitrogen and oxygen atoms in total. The van der Waals surface area contributed by atoms with Crippen molar-refractivity contribution >= 4 is 49.4 Å². The molecule has 11 heteroatoms. The van der Waals surface area contributed by atoms with E-state index >= 15 is 0 Å². The van der Waals surface area contributed by atoms with Crippen LogP contribution in [0.4, 0.5) is 5.69 Å². The van der Waals surface area contributed by atoms with Crippen LogP contribution in [0, 0.1) is 0 Å². The van der Waals surface area contributed by atoms with E-state index in [4.69, 9.17) is 19.2 Å². The number of hydrogen-bond donors (Lipinski definition) is 1. The number of nitrogens with one attached hydrogen (secondary N) is 1. The number of aromatic nitrogens is 1. The summed E-state index contributed by atoms with van der Waals surface area (Å²) in [6.45, 7) is 8.10. The number of fused-ring (bicyclic) bond motifs is 2. The minimum Gasteiger partial charge on any atom is -0.493 e. The molecule has 0 spiro atoms. The molecule has 260 valence electrons. The van der Waals surface area contributed by atoms with Crippen molar-refractivity contribution in [1.82, 2.24) is 10.3 Å². The molecule has 4 aromatic carbocycles. The van der Waals surface area contributed by atoms with E-state index < -0.39 is 21.5 Å². The van der Waals surface area contributed by atoms with Gasteiger partial charge in [-0.2, -0.15) is 4.31 Å². The Morgan fingerprint density at radius 2 is 1.54 bits per heavy atom. The highest BCUT2D eigenvalue weighted by atomic mass is 32.2. The third-order valence-corrected chi connectivity index (χ3v) is 9.99. The molecule has 0 saturated carbocycles. The first-order chi connectivity index (χ1) is 24.0. The molecule has 0 radical (unpaired) electrons. The van der Waals surface area contributed by atoms with E-state index in [0.29, 0.717) is 53.6 Å². The average molecular weight is 696 g/mol. The number of hydrogen-bond acceptors (Lipinski definition) is 9. The van der Waals surface area contributed by atoms with Crippen LogP contribution in [0.25, 0.3) is 21.8 Å². The van der Waals surface area contributed by atoms with E-state index in [1.54, 1.807) is 93.6 Å². The van der Waals surface area contributed by atoms with Crippen molar-refractivity contribution in [3.05, 3.63) is 108 Å². The summed E-state index contributed by atoms with van der Waals surface area (Å²) in [7, 11) is -4.45. The maximum atomic E-state index is 14.8.